The second-order valence-corrected chi connectivity index (χ2v) is 7.38. The van der Waals surface area contributed by atoms with E-state index in [4.69, 9.17) is 0 Å². The predicted octanol–water partition coefficient (Wildman–Crippen LogP) is 5.36. The molecule has 0 saturated carbocycles. The van der Waals surface area contributed by atoms with E-state index < -0.39 is 0 Å². The van der Waals surface area contributed by atoms with Crippen LogP contribution in [-0.2, 0) is 6.42 Å². The molecule has 2 aromatic heterocycles. The molecule has 156 valence electrons. The van der Waals surface area contributed by atoms with Crippen molar-refractivity contribution in [3.8, 4) is 5.69 Å². The van der Waals surface area contributed by atoms with Crippen molar-refractivity contribution in [3.05, 3.63) is 89.4 Å². The Hall–Kier alpha value is -3.93. The number of carbonyl (C=O) groups excluding carboxylic acids is 1. The Morgan fingerprint density at radius 1 is 1.10 bits per heavy atom. The summed E-state index contributed by atoms with van der Waals surface area (Å²) in [5.41, 5.74) is 9.53. The van der Waals surface area contributed by atoms with Gasteiger partial charge in [0.05, 0.1) is 11.7 Å². The highest BCUT2D eigenvalue weighted by Gasteiger charge is 2.10. The van der Waals surface area contributed by atoms with Crippen LogP contribution in [0.2, 0.25) is 0 Å². The summed E-state index contributed by atoms with van der Waals surface area (Å²) in [4.78, 5) is 16.6. The Balaban J connectivity index is 1.50. The zero-order valence-corrected chi connectivity index (χ0v) is 17.9. The van der Waals surface area contributed by atoms with Crippen LogP contribution in [0.1, 0.15) is 29.4 Å². The van der Waals surface area contributed by atoms with Gasteiger partial charge in [-0.1, -0.05) is 31.2 Å². The van der Waals surface area contributed by atoms with Crippen molar-refractivity contribution in [3.63, 3.8) is 0 Å². The van der Waals surface area contributed by atoms with E-state index in [0.717, 1.165) is 51.2 Å². The molecule has 0 unspecified atom stereocenters. The van der Waals surface area contributed by atoms with E-state index in [0.29, 0.717) is 0 Å². The molecule has 4 rings (SSSR count). The fraction of sp³-hybridized carbons (Fsp3) is 0.160. The molecule has 0 fully saturated rings. The standard InChI is InChI=1S/C25H25N5O/c1-4-19-8-5-6-10-24(19)28-25(31)29-27-16-21-14-17(2)30(18(21)3)22-11-12-23-20(15-22)9-7-13-26-23/h5-16H,4H2,1-3H3,(H2,28,29,31)/b27-16+. The first-order valence-electron chi connectivity index (χ1n) is 10.3. The van der Waals surface area contributed by atoms with Crippen LogP contribution in [-0.4, -0.2) is 21.8 Å². The first-order chi connectivity index (χ1) is 15.1. The van der Waals surface area contributed by atoms with E-state index >= 15 is 0 Å². The fourth-order valence-corrected chi connectivity index (χ4v) is 3.78. The molecular weight excluding hydrogens is 386 g/mol. The Labute approximate surface area is 181 Å². The fourth-order valence-electron chi connectivity index (χ4n) is 3.78. The normalized spacial score (nSPS) is 11.2. The van der Waals surface area contributed by atoms with E-state index in [2.05, 4.69) is 63.5 Å². The van der Waals surface area contributed by atoms with Gasteiger partial charge in [-0.15, -0.1) is 0 Å². The number of aryl methyl sites for hydroxylation is 2. The number of hydrogen-bond donors (Lipinski definition) is 2. The number of carbonyl (C=O) groups is 1. The Bertz CT molecular complexity index is 1270. The van der Waals surface area contributed by atoms with E-state index in [9.17, 15) is 4.79 Å². The number of benzene rings is 2. The average Bonchev–Trinajstić information content (AvgIpc) is 3.06. The van der Waals surface area contributed by atoms with Crippen LogP contribution >= 0.6 is 0 Å². The van der Waals surface area contributed by atoms with E-state index in [1.165, 1.54) is 0 Å². The molecule has 0 radical (unpaired) electrons. The number of hydrogen-bond acceptors (Lipinski definition) is 3. The number of pyridine rings is 1. The summed E-state index contributed by atoms with van der Waals surface area (Å²) in [6, 6.07) is 19.6. The number of hydrazone groups is 1. The number of aromatic nitrogens is 2. The van der Waals surface area contributed by atoms with Crippen molar-refractivity contribution >= 4 is 28.8 Å². The molecule has 2 N–H and O–H groups in total. The van der Waals surface area contributed by atoms with Crippen LogP contribution in [0.15, 0.2) is 72.0 Å². The lowest BCUT2D eigenvalue weighted by molar-refractivity contribution is 0.252. The van der Waals surface area contributed by atoms with Gasteiger partial charge < -0.3 is 9.88 Å². The van der Waals surface area contributed by atoms with Crippen molar-refractivity contribution in [1.82, 2.24) is 15.0 Å². The number of nitrogens with one attached hydrogen (secondary N) is 2. The first-order valence-corrected chi connectivity index (χ1v) is 10.3. The van der Waals surface area contributed by atoms with Gasteiger partial charge in [0, 0.05) is 39.9 Å². The largest absolute Gasteiger partial charge is 0.339 e. The molecule has 0 bridgehead atoms. The van der Waals surface area contributed by atoms with Crippen LogP contribution in [0.5, 0.6) is 0 Å². The van der Waals surface area contributed by atoms with Gasteiger partial charge in [-0.25, -0.2) is 10.2 Å². The minimum absolute atomic E-state index is 0.368. The summed E-state index contributed by atoms with van der Waals surface area (Å²) in [5, 5.41) is 8.08. The summed E-state index contributed by atoms with van der Waals surface area (Å²) < 4.78 is 2.17. The SMILES string of the molecule is CCc1ccccc1NC(=O)N/N=C/c1cc(C)n(-c2ccc3ncccc3c2)c1C. The number of para-hydroxylation sites is 1. The molecule has 0 atom stereocenters. The van der Waals surface area contributed by atoms with Crippen LogP contribution in [0.4, 0.5) is 10.5 Å². The Morgan fingerprint density at radius 2 is 1.94 bits per heavy atom. The summed E-state index contributed by atoms with van der Waals surface area (Å²) in [7, 11) is 0. The topological polar surface area (TPSA) is 71.3 Å². The number of anilines is 1. The lowest BCUT2D eigenvalue weighted by atomic mass is 10.1. The van der Waals surface area contributed by atoms with Gasteiger partial charge in [-0.3, -0.25) is 4.98 Å². The maximum Gasteiger partial charge on any atom is 0.339 e. The van der Waals surface area contributed by atoms with Crippen molar-refractivity contribution < 1.29 is 4.79 Å². The molecule has 0 saturated heterocycles. The molecule has 6 nitrogen and oxygen atoms in total. The lowest BCUT2D eigenvalue weighted by Gasteiger charge is -2.10. The molecular formula is C25H25N5O. The molecule has 0 aliphatic carbocycles. The van der Waals surface area contributed by atoms with E-state index in [1.807, 2.05) is 43.3 Å². The number of fused-ring (bicyclic) bond motifs is 1. The van der Waals surface area contributed by atoms with Gasteiger partial charge in [-0.2, -0.15) is 5.10 Å². The lowest BCUT2D eigenvalue weighted by Crippen LogP contribution is -2.24. The molecule has 0 aliphatic heterocycles. The van der Waals surface area contributed by atoms with Crippen molar-refractivity contribution in [2.24, 2.45) is 5.10 Å². The summed E-state index contributed by atoms with van der Waals surface area (Å²) in [6.45, 7) is 6.15. The average molecular weight is 412 g/mol. The monoisotopic (exact) mass is 411 g/mol. The molecule has 6 heteroatoms. The van der Waals surface area contributed by atoms with Gasteiger partial charge in [0.2, 0.25) is 0 Å². The van der Waals surface area contributed by atoms with E-state index in [1.54, 1.807) is 12.4 Å². The minimum atomic E-state index is -0.368. The summed E-state index contributed by atoms with van der Waals surface area (Å²) in [5.74, 6) is 0. The van der Waals surface area contributed by atoms with Crippen LogP contribution < -0.4 is 10.7 Å². The number of rotatable bonds is 5. The van der Waals surface area contributed by atoms with Gasteiger partial charge in [0.15, 0.2) is 0 Å². The van der Waals surface area contributed by atoms with Crippen LogP contribution in [0, 0.1) is 13.8 Å². The van der Waals surface area contributed by atoms with Gasteiger partial charge in [-0.05, 0) is 62.2 Å². The summed E-state index contributed by atoms with van der Waals surface area (Å²) >= 11 is 0. The van der Waals surface area contributed by atoms with Gasteiger partial charge >= 0.3 is 6.03 Å². The third kappa shape index (κ3) is 4.33. The number of urea groups is 1. The molecule has 31 heavy (non-hydrogen) atoms. The highest BCUT2D eigenvalue weighted by molar-refractivity contribution is 5.91. The van der Waals surface area contributed by atoms with E-state index in [-0.39, 0.29) is 6.03 Å². The zero-order valence-electron chi connectivity index (χ0n) is 17.9. The van der Waals surface area contributed by atoms with Crippen LogP contribution in [0.25, 0.3) is 16.6 Å². The van der Waals surface area contributed by atoms with Crippen molar-refractivity contribution in [2.45, 2.75) is 27.2 Å². The Kier molecular flexibility index (Phi) is 5.80. The predicted molar refractivity (Wildman–Crippen MR) is 126 cm³/mol. The highest BCUT2D eigenvalue weighted by atomic mass is 16.2. The molecule has 0 spiro atoms. The maximum absolute atomic E-state index is 12.2. The Morgan fingerprint density at radius 3 is 2.77 bits per heavy atom. The molecule has 2 heterocycles. The quantitative estimate of drug-likeness (QED) is 0.343. The number of amides is 2. The summed E-state index contributed by atoms with van der Waals surface area (Å²) in [6.07, 6.45) is 4.32. The third-order valence-electron chi connectivity index (χ3n) is 5.33. The van der Waals surface area contributed by atoms with Gasteiger partial charge in [0.1, 0.15) is 0 Å². The molecule has 4 aromatic rings. The zero-order chi connectivity index (χ0) is 21.8. The van der Waals surface area contributed by atoms with Gasteiger partial charge in [0.25, 0.3) is 0 Å². The third-order valence-corrected chi connectivity index (χ3v) is 5.33. The first kappa shape index (κ1) is 20.3. The van der Waals surface area contributed by atoms with Crippen LogP contribution in [0.3, 0.4) is 0 Å². The minimum Gasteiger partial charge on any atom is -0.318 e. The maximum atomic E-state index is 12.2. The highest BCUT2D eigenvalue weighted by Crippen LogP contribution is 2.23. The smallest absolute Gasteiger partial charge is 0.318 e. The molecule has 2 amide bonds. The van der Waals surface area contributed by atoms with Crippen molar-refractivity contribution in [2.75, 3.05) is 5.32 Å². The molecule has 2 aromatic carbocycles. The molecule has 0 aliphatic rings. The second kappa shape index (κ2) is 8.83. The van der Waals surface area contributed by atoms with Crippen molar-refractivity contribution in [1.29, 1.82) is 0 Å². The number of nitrogens with zero attached hydrogens (tertiary/aromatic N) is 3. The second-order valence-electron chi connectivity index (χ2n) is 7.38.